The fraction of sp³-hybridized carbons (Fsp3) is 0.562. The molecule has 0 heterocycles. The highest BCUT2D eigenvalue weighted by Crippen LogP contribution is 2.27. The lowest BCUT2D eigenvalue weighted by molar-refractivity contribution is -0.148. The molecule has 1 aromatic carbocycles. The maximum Gasteiger partial charge on any atom is 0.325 e. The molecule has 1 fully saturated rings. The minimum absolute atomic E-state index is 0.150. The summed E-state index contributed by atoms with van der Waals surface area (Å²) in [6.45, 7) is 1.96. The number of nitrogens with one attached hydrogen (secondary N) is 1. The summed E-state index contributed by atoms with van der Waals surface area (Å²) in [5.74, 6) is 0.851. The molecule has 5 heteroatoms. The number of thioether (sulfide) groups is 1. The SMILES string of the molecule is COC(=O)C(C)(CCCSc1ccc(Br)cc1)NC1CC1. The van der Waals surface area contributed by atoms with Crippen molar-refractivity contribution in [2.75, 3.05) is 12.9 Å². The molecule has 0 radical (unpaired) electrons. The maximum atomic E-state index is 12.0. The van der Waals surface area contributed by atoms with Crippen LogP contribution >= 0.6 is 27.7 Å². The van der Waals surface area contributed by atoms with Gasteiger partial charge in [-0.15, -0.1) is 11.8 Å². The molecule has 1 aliphatic rings. The van der Waals surface area contributed by atoms with E-state index in [1.165, 1.54) is 24.8 Å². The van der Waals surface area contributed by atoms with Gasteiger partial charge in [0, 0.05) is 15.4 Å². The Bertz CT molecular complexity index is 476. The molecule has 0 amide bonds. The number of carbonyl (C=O) groups is 1. The summed E-state index contributed by atoms with van der Waals surface area (Å²) in [7, 11) is 1.46. The van der Waals surface area contributed by atoms with Gasteiger partial charge in [0.15, 0.2) is 0 Å². The zero-order valence-electron chi connectivity index (χ0n) is 12.5. The molecule has 1 N–H and O–H groups in total. The van der Waals surface area contributed by atoms with Crippen LogP contribution in [-0.4, -0.2) is 30.4 Å². The van der Waals surface area contributed by atoms with Gasteiger partial charge < -0.3 is 4.74 Å². The smallest absolute Gasteiger partial charge is 0.325 e. The number of ether oxygens (including phenoxy) is 1. The standard InChI is InChI=1S/C16H22BrNO2S/c1-16(15(19)20-2,18-13-6-7-13)10-3-11-21-14-8-4-12(17)5-9-14/h4-5,8-9,13,18H,3,6-7,10-11H2,1-2H3. The maximum absolute atomic E-state index is 12.0. The summed E-state index contributed by atoms with van der Waals surface area (Å²) < 4.78 is 6.06. The second kappa shape index (κ2) is 7.65. The van der Waals surface area contributed by atoms with E-state index < -0.39 is 5.54 Å². The number of hydrogen-bond acceptors (Lipinski definition) is 4. The van der Waals surface area contributed by atoms with Crippen molar-refractivity contribution in [2.24, 2.45) is 0 Å². The molecule has 116 valence electrons. The largest absolute Gasteiger partial charge is 0.468 e. The van der Waals surface area contributed by atoms with Crippen LogP contribution in [0.2, 0.25) is 0 Å². The predicted octanol–water partition coefficient (Wildman–Crippen LogP) is 4.01. The highest BCUT2D eigenvalue weighted by atomic mass is 79.9. The summed E-state index contributed by atoms with van der Waals surface area (Å²) in [5, 5.41) is 3.43. The lowest BCUT2D eigenvalue weighted by atomic mass is 9.96. The van der Waals surface area contributed by atoms with E-state index in [1.807, 2.05) is 18.7 Å². The average Bonchev–Trinajstić information content (AvgIpc) is 3.28. The van der Waals surface area contributed by atoms with Gasteiger partial charge in [0.2, 0.25) is 0 Å². The molecule has 3 nitrogen and oxygen atoms in total. The Morgan fingerprint density at radius 3 is 2.67 bits per heavy atom. The van der Waals surface area contributed by atoms with Crippen LogP contribution in [0.15, 0.2) is 33.6 Å². The monoisotopic (exact) mass is 371 g/mol. The molecular formula is C16H22BrNO2S. The number of benzene rings is 1. The van der Waals surface area contributed by atoms with Gasteiger partial charge in [0.1, 0.15) is 5.54 Å². The quantitative estimate of drug-likeness (QED) is 0.425. The van der Waals surface area contributed by atoms with Gasteiger partial charge in [0.05, 0.1) is 7.11 Å². The third kappa shape index (κ3) is 5.31. The fourth-order valence-corrected chi connectivity index (χ4v) is 3.40. The number of rotatable bonds is 8. The topological polar surface area (TPSA) is 38.3 Å². The third-order valence-electron chi connectivity index (χ3n) is 3.64. The van der Waals surface area contributed by atoms with E-state index in [1.54, 1.807) is 0 Å². The van der Waals surface area contributed by atoms with Crippen LogP contribution < -0.4 is 5.32 Å². The average molecular weight is 372 g/mol. The predicted molar refractivity (Wildman–Crippen MR) is 90.7 cm³/mol. The molecule has 1 saturated carbocycles. The van der Waals surface area contributed by atoms with E-state index in [4.69, 9.17) is 4.74 Å². The molecule has 1 aliphatic carbocycles. The summed E-state index contributed by atoms with van der Waals surface area (Å²) >= 11 is 5.26. The first-order chi connectivity index (χ1) is 10.0. The van der Waals surface area contributed by atoms with E-state index in [2.05, 4.69) is 45.5 Å². The molecule has 0 saturated heterocycles. The molecule has 1 aromatic rings. The zero-order valence-corrected chi connectivity index (χ0v) is 14.9. The van der Waals surface area contributed by atoms with Crippen molar-refractivity contribution in [2.45, 2.75) is 49.1 Å². The van der Waals surface area contributed by atoms with Crippen LogP contribution in [0.1, 0.15) is 32.6 Å². The molecule has 1 unspecified atom stereocenters. The van der Waals surface area contributed by atoms with E-state index in [0.29, 0.717) is 6.04 Å². The normalized spacial score (nSPS) is 17.3. The second-order valence-corrected chi connectivity index (χ2v) is 7.73. The Kier molecular flexibility index (Phi) is 6.14. The van der Waals surface area contributed by atoms with Crippen molar-refractivity contribution in [1.82, 2.24) is 5.32 Å². The molecule has 1 atom stereocenters. The number of esters is 1. The minimum Gasteiger partial charge on any atom is -0.468 e. The minimum atomic E-state index is -0.545. The summed E-state index contributed by atoms with van der Waals surface area (Å²) in [5.41, 5.74) is -0.545. The molecule has 0 bridgehead atoms. The van der Waals surface area contributed by atoms with Crippen molar-refractivity contribution in [3.8, 4) is 0 Å². The van der Waals surface area contributed by atoms with Crippen molar-refractivity contribution < 1.29 is 9.53 Å². The van der Waals surface area contributed by atoms with Crippen LogP contribution in [0, 0.1) is 0 Å². The van der Waals surface area contributed by atoms with Crippen molar-refractivity contribution >= 4 is 33.7 Å². The molecule has 0 spiro atoms. The van der Waals surface area contributed by atoms with Gasteiger partial charge in [-0.05, 0) is 62.6 Å². The fourth-order valence-electron chi connectivity index (χ4n) is 2.28. The number of hydrogen-bond donors (Lipinski definition) is 1. The van der Waals surface area contributed by atoms with Gasteiger partial charge in [-0.3, -0.25) is 10.1 Å². The highest BCUT2D eigenvalue weighted by Gasteiger charge is 2.38. The molecule has 0 aliphatic heterocycles. The first-order valence-corrected chi connectivity index (χ1v) is 9.06. The Labute approximate surface area is 139 Å². The number of methoxy groups -OCH3 is 1. The van der Waals surface area contributed by atoms with Crippen LogP contribution in [-0.2, 0) is 9.53 Å². The second-order valence-electron chi connectivity index (χ2n) is 5.65. The van der Waals surface area contributed by atoms with E-state index in [-0.39, 0.29) is 5.97 Å². The van der Waals surface area contributed by atoms with Crippen LogP contribution in [0.4, 0.5) is 0 Å². The number of halogens is 1. The summed E-state index contributed by atoms with van der Waals surface area (Å²) in [6.07, 6.45) is 4.12. The van der Waals surface area contributed by atoms with E-state index in [0.717, 1.165) is 23.1 Å². The van der Waals surface area contributed by atoms with Crippen molar-refractivity contribution in [1.29, 1.82) is 0 Å². The summed E-state index contributed by atoms with van der Waals surface area (Å²) in [6, 6.07) is 8.81. The first-order valence-electron chi connectivity index (χ1n) is 7.28. The lowest BCUT2D eigenvalue weighted by Crippen LogP contribution is -2.51. The Morgan fingerprint density at radius 2 is 2.10 bits per heavy atom. The van der Waals surface area contributed by atoms with Crippen LogP contribution in [0.5, 0.6) is 0 Å². The summed E-state index contributed by atoms with van der Waals surface area (Å²) in [4.78, 5) is 13.3. The third-order valence-corrected chi connectivity index (χ3v) is 5.27. The van der Waals surface area contributed by atoms with E-state index in [9.17, 15) is 4.79 Å². The van der Waals surface area contributed by atoms with Gasteiger partial charge >= 0.3 is 5.97 Å². The number of carbonyl (C=O) groups excluding carboxylic acids is 1. The zero-order chi connectivity index (χ0) is 15.3. The Morgan fingerprint density at radius 1 is 1.43 bits per heavy atom. The van der Waals surface area contributed by atoms with Gasteiger partial charge in [0.25, 0.3) is 0 Å². The molecule has 0 aromatic heterocycles. The van der Waals surface area contributed by atoms with Crippen molar-refractivity contribution in [3.63, 3.8) is 0 Å². The van der Waals surface area contributed by atoms with Gasteiger partial charge in [-0.25, -0.2) is 0 Å². The molecule has 2 rings (SSSR count). The Balaban J connectivity index is 1.78. The lowest BCUT2D eigenvalue weighted by Gasteiger charge is -2.28. The molecule has 21 heavy (non-hydrogen) atoms. The van der Waals surface area contributed by atoms with Crippen molar-refractivity contribution in [3.05, 3.63) is 28.7 Å². The highest BCUT2D eigenvalue weighted by molar-refractivity contribution is 9.10. The van der Waals surface area contributed by atoms with E-state index >= 15 is 0 Å². The Hall–Kier alpha value is -0.520. The van der Waals surface area contributed by atoms with Crippen LogP contribution in [0.3, 0.4) is 0 Å². The van der Waals surface area contributed by atoms with Gasteiger partial charge in [-0.2, -0.15) is 0 Å². The molecular weight excluding hydrogens is 350 g/mol. The van der Waals surface area contributed by atoms with Crippen LogP contribution in [0.25, 0.3) is 0 Å². The van der Waals surface area contributed by atoms with Gasteiger partial charge in [-0.1, -0.05) is 15.9 Å². The first kappa shape index (κ1) is 16.8.